The Hall–Kier alpha value is -2.99. The van der Waals surface area contributed by atoms with E-state index in [1.165, 1.54) is 6.33 Å². The van der Waals surface area contributed by atoms with Gasteiger partial charge in [-0.15, -0.1) is 0 Å². The Morgan fingerprint density at radius 2 is 2.03 bits per heavy atom. The van der Waals surface area contributed by atoms with Crippen molar-refractivity contribution >= 4 is 23.2 Å². The molecule has 1 N–H and O–H groups in total. The average Bonchev–Trinajstić information content (AvgIpc) is 3.13. The van der Waals surface area contributed by atoms with Crippen LogP contribution >= 0.6 is 0 Å². The molecule has 1 atom stereocenters. The number of fused-ring (bicyclic) bond motifs is 1. The minimum atomic E-state index is -0.231. The molecular formula is C20H29N5O4. The van der Waals surface area contributed by atoms with Gasteiger partial charge < -0.3 is 14.8 Å². The number of nitrogens with one attached hydrogen (secondary N) is 1. The highest BCUT2D eigenvalue weighted by atomic mass is 16.6. The molecule has 158 valence electrons. The van der Waals surface area contributed by atoms with Crippen LogP contribution in [-0.4, -0.2) is 46.3 Å². The highest BCUT2D eigenvalue weighted by Crippen LogP contribution is 2.18. The van der Waals surface area contributed by atoms with Crippen molar-refractivity contribution < 1.29 is 19.1 Å². The first-order valence-electron chi connectivity index (χ1n) is 9.53. The largest absolute Gasteiger partial charge is 0.463 e. The molecule has 0 saturated heterocycles. The lowest BCUT2D eigenvalue weighted by atomic mass is 10.1. The van der Waals surface area contributed by atoms with E-state index in [4.69, 9.17) is 14.7 Å². The van der Waals surface area contributed by atoms with Gasteiger partial charge in [-0.3, -0.25) is 9.59 Å². The fraction of sp³-hybridized carbons (Fsp3) is 0.550. The first kappa shape index (κ1) is 24.0. The molecule has 0 aliphatic heterocycles. The van der Waals surface area contributed by atoms with E-state index in [9.17, 15) is 9.59 Å². The number of aryl methyl sites for hydroxylation is 1. The fourth-order valence-corrected chi connectivity index (χ4v) is 2.61. The third-order valence-electron chi connectivity index (χ3n) is 4.20. The molecule has 0 aromatic carbocycles. The quantitative estimate of drug-likeness (QED) is 0.606. The molecule has 9 nitrogen and oxygen atoms in total. The number of hydrogen-bond acceptors (Lipinski definition) is 7. The third kappa shape index (κ3) is 7.16. The predicted octanol–water partition coefficient (Wildman–Crippen LogP) is 2.75. The number of carbonyl (C=O) groups is 2. The summed E-state index contributed by atoms with van der Waals surface area (Å²) in [7, 11) is 1.60. The molecule has 0 fully saturated rings. The highest BCUT2D eigenvalue weighted by Gasteiger charge is 2.16. The van der Waals surface area contributed by atoms with Gasteiger partial charge in [-0.05, 0) is 31.4 Å². The monoisotopic (exact) mass is 403 g/mol. The van der Waals surface area contributed by atoms with Gasteiger partial charge in [-0.1, -0.05) is 20.8 Å². The van der Waals surface area contributed by atoms with Gasteiger partial charge in [0.05, 0.1) is 12.0 Å². The number of nitrogens with zero attached hydrogens (tertiary/aromatic N) is 4. The number of nitriles is 1. The van der Waals surface area contributed by atoms with Crippen molar-refractivity contribution in [2.75, 3.05) is 19.0 Å². The Kier molecular flexibility index (Phi) is 10.3. The van der Waals surface area contributed by atoms with E-state index < -0.39 is 0 Å². The first-order chi connectivity index (χ1) is 14.0. The van der Waals surface area contributed by atoms with Crippen LogP contribution in [0, 0.1) is 17.8 Å². The van der Waals surface area contributed by atoms with E-state index in [0.717, 1.165) is 17.6 Å². The maximum Gasteiger partial charge on any atom is 0.308 e. The number of ether oxygens (including phenoxy) is 2. The minimum absolute atomic E-state index is 0.0627. The zero-order valence-electron chi connectivity index (χ0n) is 17.4. The summed E-state index contributed by atoms with van der Waals surface area (Å²) in [5.74, 6) is 0.0524. The van der Waals surface area contributed by atoms with Gasteiger partial charge in [0, 0.05) is 25.8 Å². The maximum absolute atomic E-state index is 11.9. The molecule has 0 aliphatic carbocycles. The lowest BCUT2D eigenvalue weighted by Crippen LogP contribution is -2.23. The van der Waals surface area contributed by atoms with Crippen LogP contribution in [0.5, 0.6) is 0 Å². The number of carbonyl (C=O) groups excluding carboxylic acids is 2. The van der Waals surface area contributed by atoms with Gasteiger partial charge >= 0.3 is 5.97 Å². The number of hydrogen-bond donors (Lipinski definition) is 1. The number of rotatable bonds is 10. The molecular weight excluding hydrogens is 374 g/mol. The lowest BCUT2D eigenvalue weighted by Gasteiger charge is -2.16. The number of methoxy groups -OCH3 is 1. The number of anilines is 1. The van der Waals surface area contributed by atoms with Crippen molar-refractivity contribution in [3.8, 4) is 6.57 Å². The van der Waals surface area contributed by atoms with Gasteiger partial charge in [0.1, 0.15) is 18.5 Å². The summed E-state index contributed by atoms with van der Waals surface area (Å²) in [6.07, 6.45) is 3.83. The van der Waals surface area contributed by atoms with Crippen LogP contribution in [0.3, 0.4) is 0 Å². The Morgan fingerprint density at radius 1 is 1.31 bits per heavy atom. The SMILES string of the molecule is C#N.CCCC(=O)Nc1ncnn2c(CCC(COC(=O)C(C)C)OC)ccc12. The second-order valence-electron chi connectivity index (χ2n) is 6.71. The summed E-state index contributed by atoms with van der Waals surface area (Å²) in [4.78, 5) is 27.6. The Labute approximate surface area is 171 Å². The second kappa shape index (κ2) is 12.5. The average molecular weight is 403 g/mol. The van der Waals surface area contributed by atoms with Crippen molar-refractivity contribution in [3.63, 3.8) is 0 Å². The second-order valence-corrected chi connectivity index (χ2v) is 6.71. The van der Waals surface area contributed by atoms with Gasteiger partial charge in [0.25, 0.3) is 0 Å². The lowest BCUT2D eigenvalue weighted by molar-refractivity contribution is -0.151. The number of aromatic nitrogens is 3. The van der Waals surface area contributed by atoms with E-state index in [1.54, 1.807) is 25.5 Å². The van der Waals surface area contributed by atoms with Crippen LogP contribution in [0.1, 0.15) is 45.7 Å². The van der Waals surface area contributed by atoms with Gasteiger partial charge in [-0.2, -0.15) is 5.10 Å². The van der Waals surface area contributed by atoms with Crippen molar-refractivity contribution in [2.45, 2.75) is 52.6 Å². The molecule has 2 rings (SSSR count). The molecule has 0 spiro atoms. The summed E-state index contributed by atoms with van der Waals surface area (Å²) in [6.45, 7) is 9.28. The standard InChI is InChI=1S/C19H28N4O4.CHN/c1-5-6-17(24)22-18-16-10-8-14(23(16)21-12-20-18)7-9-15(26-4)11-27-19(25)13(2)3;1-2/h8,10,12-13,15H,5-7,9,11H2,1-4H3,(H,20,21,22,24);1H. The highest BCUT2D eigenvalue weighted by molar-refractivity contribution is 5.93. The predicted molar refractivity (Wildman–Crippen MR) is 108 cm³/mol. The molecule has 0 bridgehead atoms. The summed E-state index contributed by atoms with van der Waals surface area (Å²) >= 11 is 0. The van der Waals surface area contributed by atoms with E-state index in [1.807, 2.05) is 19.1 Å². The first-order valence-corrected chi connectivity index (χ1v) is 9.53. The van der Waals surface area contributed by atoms with Crippen LogP contribution in [0.15, 0.2) is 18.5 Å². The number of amides is 1. The summed E-state index contributed by atoms with van der Waals surface area (Å²) in [5.41, 5.74) is 1.72. The zero-order valence-corrected chi connectivity index (χ0v) is 17.4. The molecule has 0 aliphatic rings. The zero-order chi connectivity index (χ0) is 21.8. The molecule has 0 saturated carbocycles. The van der Waals surface area contributed by atoms with E-state index in [-0.39, 0.29) is 30.5 Å². The van der Waals surface area contributed by atoms with Crippen molar-refractivity contribution in [3.05, 3.63) is 24.2 Å². The molecule has 2 aromatic rings. The minimum Gasteiger partial charge on any atom is -0.463 e. The van der Waals surface area contributed by atoms with Crippen LogP contribution in [0.2, 0.25) is 0 Å². The molecule has 0 radical (unpaired) electrons. The topological polar surface area (TPSA) is 119 Å². The Bertz CT molecular complexity index is 816. The van der Waals surface area contributed by atoms with Crippen molar-refractivity contribution in [1.82, 2.24) is 14.6 Å². The molecule has 2 heterocycles. The van der Waals surface area contributed by atoms with Crippen LogP contribution in [0.25, 0.3) is 5.52 Å². The van der Waals surface area contributed by atoms with E-state index in [2.05, 4.69) is 22.0 Å². The summed E-state index contributed by atoms with van der Waals surface area (Å²) in [6, 6.07) is 3.84. The molecule has 29 heavy (non-hydrogen) atoms. The third-order valence-corrected chi connectivity index (χ3v) is 4.20. The maximum atomic E-state index is 11.9. The normalized spacial score (nSPS) is 11.6. The van der Waals surface area contributed by atoms with Crippen molar-refractivity contribution in [2.24, 2.45) is 5.92 Å². The fourth-order valence-electron chi connectivity index (χ4n) is 2.61. The summed E-state index contributed by atoms with van der Waals surface area (Å²) in [5, 5.41) is 13.6. The van der Waals surface area contributed by atoms with Crippen LogP contribution in [-0.2, 0) is 25.5 Å². The molecule has 1 unspecified atom stereocenters. The van der Waals surface area contributed by atoms with Gasteiger partial charge in [0.2, 0.25) is 5.91 Å². The Morgan fingerprint density at radius 3 is 2.66 bits per heavy atom. The van der Waals surface area contributed by atoms with E-state index >= 15 is 0 Å². The van der Waals surface area contributed by atoms with Crippen molar-refractivity contribution in [1.29, 1.82) is 5.26 Å². The van der Waals surface area contributed by atoms with Gasteiger partial charge in [-0.25, -0.2) is 14.8 Å². The molecule has 1 amide bonds. The van der Waals surface area contributed by atoms with E-state index in [0.29, 0.717) is 25.1 Å². The smallest absolute Gasteiger partial charge is 0.308 e. The Balaban J connectivity index is 0.00000204. The molecule has 9 heteroatoms. The van der Waals surface area contributed by atoms with Crippen LogP contribution in [0.4, 0.5) is 5.82 Å². The van der Waals surface area contributed by atoms with Gasteiger partial charge in [0.15, 0.2) is 5.82 Å². The summed E-state index contributed by atoms with van der Waals surface area (Å²) < 4.78 is 12.4. The molecule has 2 aromatic heterocycles. The number of esters is 1. The van der Waals surface area contributed by atoms with Crippen LogP contribution < -0.4 is 5.32 Å².